The Morgan fingerprint density at radius 2 is 2.41 bits per heavy atom. The van der Waals surface area contributed by atoms with Gasteiger partial charge in [-0.2, -0.15) is 5.10 Å². The number of rotatable bonds is 5. The number of ether oxygens (including phenoxy) is 1. The summed E-state index contributed by atoms with van der Waals surface area (Å²) in [7, 11) is 1.20. The van der Waals surface area contributed by atoms with Gasteiger partial charge in [0.05, 0.1) is 12.0 Å². The molecule has 0 aliphatic heterocycles. The van der Waals surface area contributed by atoms with E-state index in [2.05, 4.69) is 9.84 Å². The standard InChI is InChI=1S/C10H13N3O4/c1-17-10(14)9-8(13(15)16)6-11-12(9)5-4-7-2-3-7/h6-7H,2-5H2,1H3. The normalized spacial score (nSPS) is 14.6. The maximum absolute atomic E-state index is 11.5. The number of hydrogen-bond donors (Lipinski definition) is 0. The van der Waals surface area contributed by atoms with Crippen LogP contribution < -0.4 is 0 Å². The van der Waals surface area contributed by atoms with E-state index in [1.54, 1.807) is 0 Å². The summed E-state index contributed by atoms with van der Waals surface area (Å²) >= 11 is 0. The number of esters is 1. The minimum Gasteiger partial charge on any atom is -0.464 e. The fourth-order valence-electron chi connectivity index (χ4n) is 1.70. The molecule has 0 bridgehead atoms. The molecule has 1 heterocycles. The molecular formula is C10H13N3O4. The molecule has 0 radical (unpaired) electrons. The molecule has 1 aliphatic rings. The molecule has 0 N–H and O–H groups in total. The molecule has 0 spiro atoms. The lowest BCUT2D eigenvalue weighted by atomic mass is 10.3. The van der Waals surface area contributed by atoms with Gasteiger partial charge in [0, 0.05) is 6.54 Å². The number of methoxy groups -OCH3 is 1. The Kier molecular flexibility index (Phi) is 3.08. The first-order valence-corrected chi connectivity index (χ1v) is 5.42. The molecule has 7 nitrogen and oxygen atoms in total. The largest absolute Gasteiger partial charge is 0.464 e. The van der Waals surface area contributed by atoms with Gasteiger partial charge in [-0.1, -0.05) is 12.8 Å². The first kappa shape index (κ1) is 11.6. The van der Waals surface area contributed by atoms with Crippen LogP contribution in [0.3, 0.4) is 0 Å². The highest BCUT2D eigenvalue weighted by Gasteiger charge is 2.29. The summed E-state index contributed by atoms with van der Waals surface area (Å²) in [4.78, 5) is 21.6. The Hall–Kier alpha value is -1.92. The van der Waals surface area contributed by atoms with Crippen molar-refractivity contribution in [2.45, 2.75) is 25.8 Å². The van der Waals surface area contributed by atoms with Gasteiger partial charge < -0.3 is 4.74 Å². The van der Waals surface area contributed by atoms with Gasteiger partial charge in [-0.3, -0.25) is 14.8 Å². The maximum Gasteiger partial charge on any atom is 0.363 e. The average Bonchev–Trinajstić information content (AvgIpc) is 3.03. The van der Waals surface area contributed by atoms with Crippen molar-refractivity contribution < 1.29 is 14.5 Å². The lowest BCUT2D eigenvalue weighted by Crippen LogP contribution is -2.14. The number of aryl methyl sites for hydroxylation is 1. The molecule has 0 amide bonds. The number of aromatic nitrogens is 2. The van der Waals surface area contributed by atoms with Crippen LogP contribution in [0.2, 0.25) is 0 Å². The van der Waals surface area contributed by atoms with E-state index < -0.39 is 10.9 Å². The molecule has 17 heavy (non-hydrogen) atoms. The maximum atomic E-state index is 11.5. The average molecular weight is 239 g/mol. The highest BCUT2D eigenvalue weighted by Crippen LogP contribution is 2.33. The van der Waals surface area contributed by atoms with E-state index in [0.29, 0.717) is 12.5 Å². The summed E-state index contributed by atoms with van der Waals surface area (Å²) in [6.07, 6.45) is 4.37. The predicted molar refractivity (Wildman–Crippen MR) is 57.6 cm³/mol. The molecule has 1 aromatic heterocycles. The molecule has 0 saturated heterocycles. The lowest BCUT2D eigenvalue weighted by molar-refractivity contribution is -0.385. The van der Waals surface area contributed by atoms with Crippen molar-refractivity contribution in [1.29, 1.82) is 0 Å². The summed E-state index contributed by atoms with van der Waals surface area (Å²) in [6, 6.07) is 0. The molecule has 0 aromatic carbocycles. The molecule has 92 valence electrons. The minimum atomic E-state index is -0.718. The quantitative estimate of drug-likeness (QED) is 0.440. The van der Waals surface area contributed by atoms with Crippen molar-refractivity contribution in [3.05, 3.63) is 22.0 Å². The van der Waals surface area contributed by atoms with E-state index in [9.17, 15) is 14.9 Å². The zero-order valence-electron chi connectivity index (χ0n) is 9.46. The second-order valence-corrected chi connectivity index (χ2v) is 4.08. The van der Waals surface area contributed by atoms with Crippen LogP contribution in [-0.2, 0) is 11.3 Å². The third-order valence-electron chi connectivity index (χ3n) is 2.84. The van der Waals surface area contributed by atoms with Crippen LogP contribution in [-0.4, -0.2) is 27.8 Å². The summed E-state index contributed by atoms with van der Waals surface area (Å²) in [5, 5.41) is 14.6. The fraction of sp³-hybridized carbons (Fsp3) is 0.600. The lowest BCUT2D eigenvalue weighted by Gasteiger charge is -2.04. The monoisotopic (exact) mass is 239 g/mol. The van der Waals surface area contributed by atoms with Gasteiger partial charge in [-0.15, -0.1) is 0 Å². The van der Waals surface area contributed by atoms with Gasteiger partial charge in [0.1, 0.15) is 6.20 Å². The molecule has 2 rings (SSSR count). The number of hydrogen-bond acceptors (Lipinski definition) is 5. The van der Waals surface area contributed by atoms with Crippen LogP contribution in [0.1, 0.15) is 29.8 Å². The third kappa shape index (κ3) is 2.43. The van der Waals surface area contributed by atoms with Crippen molar-refractivity contribution in [2.75, 3.05) is 7.11 Å². The van der Waals surface area contributed by atoms with Gasteiger partial charge >= 0.3 is 11.7 Å². The topological polar surface area (TPSA) is 87.3 Å². The second kappa shape index (κ2) is 4.52. The van der Waals surface area contributed by atoms with Crippen molar-refractivity contribution in [3.8, 4) is 0 Å². The van der Waals surface area contributed by atoms with Crippen molar-refractivity contribution in [3.63, 3.8) is 0 Å². The van der Waals surface area contributed by atoms with E-state index in [4.69, 9.17) is 0 Å². The highest BCUT2D eigenvalue weighted by atomic mass is 16.6. The molecule has 1 aromatic rings. The molecule has 1 fully saturated rings. The Labute approximate surface area is 97.5 Å². The van der Waals surface area contributed by atoms with Gasteiger partial charge in [-0.25, -0.2) is 4.79 Å². The Bertz CT molecular complexity index is 450. The van der Waals surface area contributed by atoms with Crippen LogP contribution in [0.15, 0.2) is 6.20 Å². The van der Waals surface area contributed by atoms with Crippen LogP contribution in [0.25, 0.3) is 0 Å². The summed E-state index contributed by atoms with van der Waals surface area (Å²) in [6.45, 7) is 0.517. The summed E-state index contributed by atoms with van der Waals surface area (Å²) in [5.41, 5.74) is -0.370. The summed E-state index contributed by atoms with van der Waals surface area (Å²) in [5.74, 6) is -0.0475. The summed E-state index contributed by atoms with van der Waals surface area (Å²) < 4.78 is 5.91. The van der Waals surface area contributed by atoms with E-state index in [0.717, 1.165) is 12.6 Å². The molecule has 1 aliphatic carbocycles. The van der Waals surface area contributed by atoms with Gasteiger partial charge in [0.2, 0.25) is 5.69 Å². The SMILES string of the molecule is COC(=O)c1c([N+](=O)[O-])cnn1CCC1CC1. The Morgan fingerprint density at radius 3 is 2.94 bits per heavy atom. The van der Waals surface area contributed by atoms with E-state index in [1.807, 2.05) is 0 Å². The number of nitrogens with zero attached hydrogens (tertiary/aromatic N) is 3. The Morgan fingerprint density at radius 1 is 1.71 bits per heavy atom. The Balaban J connectivity index is 2.23. The number of nitro groups is 1. The first-order valence-electron chi connectivity index (χ1n) is 5.42. The predicted octanol–water partition coefficient (Wildman–Crippen LogP) is 1.38. The van der Waals surface area contributed by atoms with E-state index in [1.165, 1.54) is 24.6 Å². The number of carbonyl (C=O) groups is 1. The minimum absolute atomic E-state index is 0.0712. The zero-order chi connectivity index (χ0) is 12.4. The van der Waals surface area contributed by atoms with Crippen LogP contribution >= 0.6 is 0 Å². The number of carbonyl (C=O) groups excluding carboxylic acids is 1. The third-order valence-corrected chi connectivity index (χ3v) is 2.84. The van der Waals surface area contributed by atoms with Crippen molar-refractivity contribution in [1.82, 2.24) is 9.78 Å². The van der Waals surface area contributed by atoms with Crippen molar-refractivity contribution in [2.24, 2.45) is 5.92 Å². The van der Waals surface area contributed by atoms with Gasteiger partial charge in [0.25, 0.3) is 0 Å². The molecule has 1 saturated carbocycles. The van der Waals surface area contributed by atoms with Crippen LogP contribution in [0.5, 0.6) is 0 Å². The first-order chi connectivity index (χ1) is 8.13. The highest BCUT2D eigenvalue weighted by molar-refractivity contribution is 5.91. The fourth-order valence-corrected chi connectivity index (χ4v) is 1.70. The van der Waals surface area contributed by atoms with Crippen molar-refractivity contribution >= 4 is 11.7 Å². The van der Waals surface area contributed by atoms with Gasteiger partial charge in [0.15, 0.2) is 0 Å². The van der Waals surface area contributed by atoms with E-state index >= 15 is 0 Å². The molecule has 7 heteroatoms. The van der Waals surface area contributed by atoms with Crippen LogP contribution in [0, 0.1) is 16.0 Å². The molecule has 0 unspecified atom stereocenters. The van der Waals surface area contributed by atoms with Gasteiger partial charge in [-0.05, 0) is 12.3 Å². The zero-order valence-corrected chi connectivity index (χ0v) is 9.46. The molecule has 0 atom stereocenters. The second-order valence-electron chi connectivity index (χ2n) is 4.08. The smallest absolute Gasteiger partial charge is 0.363 e. The molecular weight excluding hydrogens is 226 g/mol. The van der Waals surface area contributed by atoms with Crippen LogP contribution in [0.4, 0.5) is 5.69 Å². The van der Waals surface area contributed by atoms with E-state index in [-0.39, 0.29) is 11.4 Å².